The van der Waals surface area contributed by atoms with E-state index in [4.69, 9.17) is 0 Å². The number of hydrogen-bond donors (Lipinski definition) is 0. The first kappa shape index (κ1) is 12.0. The molecule has 0 saturated heterocycles. The fourth-order valence-electron chi connectivity index (χ4n) is 3.90. The molecule has 0 aromatic carbocycles. The van der Waals surface area contributed by atoms with Gasteiger partial charge < -0.3 is 0 Å². The number of hydrogen-bond acceptors (Lipinski definition) is 0. The Morgan fingerprint density at radius 2 is 1.93 bits per heavy atom. The molecular weight excluding hydrogens is 248 g/mol. The normalized spacial score (nSPS) is 47.0. The molecule has 2 aliphatic rings. The fraction of sp³-hybridized carbons (Fsp3) is 1.00. The summed E-state index contributed by atoms with van der Waals surface area (Å²) < 4.78 is 0. The number of rotatable bonds is 2. The highest BCUT2D eigenvalue weighted by Gasteiger charge is 2.37. The topological polar surface area (TPSA) is 0 Å². The van der Waals surface area contributed by atoms with Crippen molar-refractivity contribution >= 4 is 15.9 Å². The molecule has 0 bridgehead atoms. The van der Waals surface area contributed by atoms with Crippen molar-refractivity contribution in [2.75, 3.05) is 0 Å². The van der Waals surface area contributed by atoms with Crippen molar-refractivity contribution in [2.24, 2.45) is 23.7 Å². The highest BCUT2D eigenvalue weighted by atomic mass is 79.9. The third-order valence-electron chi connectivity index (χ3n) is 5.03. The van der Waals surface area contributed by atoms with Crippen LogP contribution in [0, 0.1) is 23.7 Å². The van der Waals surface area contributed by atoms with Crippen LogP contribution in [-0.4, -0.2) is 4.83 Å². The van der Waals surface area contributed by atoms with E-state index in [1.807, 2.05) is 0 Å². The minimum absolute atomic E-state index is 0.810. The van der Waals surface area contributed by atoms with Gasteiger partial charge in [0.15, 0.2) is 0 Å². The monoisotopic (exact) mass is 272 g/mol. The highest BCUT2D eigenvalue weighted by Crippen LogP contribution is 2.46. The van der Waals surface area contributed by atoms with E-state index in [1.165, 1.54) is 44.9 Å². The lowest BCUT2D eigenvalue weighted by Gasteiger charge is -2.34. The van der Waals surface area contributed by atoms with Gasteiger partial charge in [-0.3, -0.25) is 0 Å². The molecule has 2 fully saturated rings. The van der Waals surface area contributed by atoms with E-state index in [0.717, 1.165) is 28.5 Å². The first-order valence-corrected chi connectivity index (χ1v) is 7.78. The van der Waals surface area contributed by atoms with Gasteiger partial charge in [-0.25, -0.2) is 0 Å². The third-order valence-corrected chi connectivity index (χ3v) is 6.32. The second kappa shape index (κ2) is 5.21. The summed E-state index contributed by atoms with van der Waals surface area (Å²) in [5.41, 5.74) is 0. The summed E-state index contributed by atoms with van der Waals surface area (Å²) in [4.78, 5) is 0.810. The van der Waals surface area contributed by atoms with Crippen molar-refractivity contribution in [3.8, 4) is 0 Å². The van der Waals surface area contributed by atoms with Crippen LogP contribution in [0.25, 0.3) is 0 Å². The van der Waals surface area contributed by atoms with Gasteiger partial charge in [0.1, 0.15) is 0 Å². The Hall–Kier alpha value is 0.480. The predicted molar refractivity (Wildman–Crippen MR) is 70.3 cm³/mol. The van der Waals surface area contributed by atoms with Crippen LogP contribution < -0.4 is 0 Å². The minimum atomic E-state index is 0.810. The summed E-state index contributed by atoms with van der Waals surface area (Å²) >= 11 is 3.84. The Bertz CT molecular complexity index is 202. The zero-order chi connectivity index (χ0) is 10.8. The summed E-state index contributed by atoms with van der Waals surface area (Å²) in [6.07, 6.45) is 10.4. The van der Waals surface area contributed by atoms with Crippen molar-refractivity contribution in [3.05, 3.63) is 0 Å². The highest BCUT2D eigenvalue weighted by molar-refractivity contribution is 9.09. The fourth-order valence-corrected chi connectivity index (χ4v) is 4.56. The SMILES string of the molecule is CCC1CCCC(C2CCC(Br)C2C)C1. The first-order valence-electron chi connectivity index (χ1n) is 6.86. The lowest BCUT2D eigenvalue weighted by molar-refractivity contribution is 0.168. The largest absolute Gasteiger partial charge is 0.0888 e. The lowest BCUT2D eigenvalue weighted by atomic mass is 9.71. The van der Waals surface area contributed by atoms with E-state index in [2.05, 4.69) is 29.8 Å². The van der Waals surface area contributed by atoms with Gasteiger partial charge in [0.05, 0.1) is 0 Å². The van der Waals surface area contributed by atoms with Crippen molar-refractivity contribution in [3.63, 3.8) is 0 Å². The Balaban J connectivity index is 1.92. The van der Waals surface area contributed by atoms with Gasteiger partial charge in [-0.2, -0.15) is 0 Å². The van der Waals surface area contributed by atoms with Crippen LogP contribution in [0.1, 0.15) is 58.8 Å². The van der Waals surface area contributed by atoms with Gasteiger partial charge in [-0.1, -0.05) is 55.5 Å². The summed E-state index contributed by atoms with van der Waals surface area (Å²) in [5, 5.41) is 0. The molecule has 88 valence electrons. The zero-order valence-electron chi connectivity index (χ0n) is 10.2. The maximum Gasteiger partial charge on any atom is 0.0174 e. The average Bonchev–Trinajstić information content (AvgIpc) is 2.60. The van der Waals surface area contributed by atoms with E-state index >= 15 is 0 Å². The molecule has 0 radical (unpaired) electrons. The Morgan fingerprint density at radius 1 is 1.13 bits per heavy atom. The van der Waals surface area contributed by atoms with Crippen molar-refractivity contribution in [1.82, 2.24) is 0 Å². The van der Waals surface area contributed by atoms with Gasteiger partial charge >= 0.3 is 0 Å². The molecule has 0 spiro atoms. The van der Waals surface area contributed by atoms with Crippen molar-refractivity contribution < 1.29 is 0 Å². The van der Waals surface area contributed by atoms with Crippen molar-refractivity contribution in [1.29, 1.82) is 0 Å². The summed E-state index contributed by atoms with van der Waals surface area (Å²) in [7, 11) is 0. The summed E-state index contributed by atoms with van der Waals surface area (Å²) in [5.74, 6) is 4.06. The van der Waals surface area contributed by atoms with Crippen LogP contribution in [0.5, 0.6) is 0 Å². The second-order valence-electron chi connectivity index (χ2n) is 5.82. The van der Waals surface area contributed by atoms with E-state index in [-0.39, 0.29) is 0 Å². The molecule has 0 heterocycles. The Kier molecular flexibility index (Phi) is 4.15. The summed E-state index contributed by atoms with van der Waals surface area (Å²) in [6, 6.07) is 0. The van der Waals surface area contributed by atoms with Crippen LogP contribution in [0.3, 0.4) is 0 Å². The molecule has 2 rings (SSSR count). The molecular formula is C14H25Br. The molecule has 5 unspecified atom stereocenters. The molecule has 0 aromatic rings. The van der Waals surface area contributed by atoms with Gasteiger partial charge in [0.2, 0.25) is 0 Å². The molecule has 0 N–H and O–H groups in total. The Morgan fingerprint density at radius 3 is 2.53 bits per heavy atom. The smallest absolute Gasteiger partial charge is 0.0174 e. The van der Waals surface area contributed by atoms with Gasteiger partial charge in [-0.05, 0) is 42.9 Å². The van der Waals surface area contributed by atoms with Crippen LogP contribution in [0.15, 0.2) is 0 Å². The molecule has 1 heteroatoms. The molecule has 0 aromatic heterocycles. The number of alkyl halides is 1. The van der Waals surface area contributed by atoms with Gasteiger partial charge in [0, 0.05) is 4.83 Å². The summed E-state index contributed by atoms with van der Waals surface area (Å²) in [6.45, 7) is 4.84. The predicted octanol–water partition coefficient (Wildman–Crippen LogP) is 5.01. The van der Waals surface area contributed by atoms with Crippen LogP contribution in [-0.2, 0) is 0 Å². The Labute approximate surface area is 103 Å². The molecule has 2 saturated carbocycles. The van der Waals surface area contributed by atoms with E-state index in [0.29, 0.717) is 0 Å². The van der Waals surface area contributed by atoms with Crippen LogP contribution >= 0.6 is 15.9 Å². The van der Waals surface area contributed by atoms with E-state index in [9.17, 15) is 0 Å². The minimum Gasteiger partial charge on any atom is -0.0888 e. The molecule has 0 amide bonds. The molecule has 2 aliphatic carbocycles. The quantitative estimate of drug-likeness (QED) is 0.620. The third kappa shape index (κ3) is 2.60. The van der Waals surface area contributed by atoms with Gasteiger partial charge in [0.25, 0.3) is 0 Å². The van der Waals surface area contributed by atoms with Crippen LogP contribution in [0.4, 0.5) is 0 Å². The van der Waals surface area contributed by atoms with Crippen molar-refractivity contribution in [2.45, 2.75) is 63.6 Å². The maximum absolute atomic E-state index is 3.84. The van der Waals surface area contributed by atoms with E-state index < -0.39 is 0 Å². The zero-order valence-corrected chi connectivity index (χ0v) is 11.8. The second-order valence-corrected chi connectivity index (χ2v) is 6.99. The molecule has 15 heavy (non-hydrogen) atoms. The standard InChI is InChI=1S/C14H25Br/c1-3-11-5-4-6-12(9-11)13-7-8-14(15)10(13)2/h10-14H,3-9H2,1-2H3. The number of halogens is 1. The maximum atomic E-state index is 3.84. The van der Waals surface area contributed by atoms with Gasteiger partial charge in [-0.15, -0.1) is 0 Å². The van der Waals surface area contributed by atoms with Crippen LogP contribution in [0.2, 0.25) is 0 Å². The average molecular weight is 273 g/mol. The molecule has 0 aliphatic heterocycles. The lowest BCUT2D eigenvalue weighted by Crippen LogP contribution is -2.25. The van der Waals surface area contributed by atoms with E-state index in [1.54, 1.807) is 0 Å². The molecule has 0 nitrogen and oxygen atoms in total. The first-order chi connectivity index (χ1) is 7.22. The molecule has 5 atom stereocenters.